The second-order valence-electron chi connectivity index (χ2n) is 3.62. The number of ether oxygens (including phenoxy) is 3. The van der Waals surface area contributed by atoms with Gasteiger partial charge in [-0.05, 0) is 20.3 Å². The third-order valence-corrected chi connectivity index (χ3v) is 2.01. The molecule has 0 amide bonds. The van der Waals surface area contributed by atoms with Crippen LogP contribution in [0.5, 0.6) is 0 Å². The maximum absolute atomic E-state index is 11.0. The van der Waals surface area contributed by atoms with Crippen LogP contribution in [0.25, 0.3) is 0 Å². The number of rotatable bonds is 9. The van der Waals surface area contributed by atoms with Crippen LogP contribution in [-0.2, 0) is 19.0 Å². The molecule has 0 aliphatic heterocycles. The van der Waals surface area contributed by atoms with Crippen LogP contribution in [0.3, 0.4) is 0 Å². The number of hydrogen-bond acceptors (Lipinski definition) is 4. The maximum atomic E-state index is 11.0. The molecule has 94 valence electrons. The average Bonchev–Trinajstić information content (AvgIpc) is 2.26. The Balaban J connectivity index is 3.22. The van der Waals surface area contributed by atoms with E-state index in [0.717, 1.165) is 6.42 Å². The largest absolute Gasteiger partial charge is 0.460 e. The molecule has 1 atom stereocenters. The van der Waals surface area contributed by atoms with Gasteiger partial charge in [-0.25, -0.2) is 4.79 Å². The average molecular weight is 230 g/mol. The maximum Gasteiger partial charge on any atom is 0.333 e. The summed E-state index contributed by atoms with van der Waals surface area (Å²) in [6, 6.07) is 0. The molecule has 0 aromatic heterocycles. The monoisotopic (exact) mass is 230 g/mol. The lowest BCUT2D eigenvalue weighted by Gasteiger charge is -2.10. The smallest absolute Gasteiger partial charge is 0.333 e. The van der Waals surface area contributed by atoms with Crippen molar-refractivity contribution in [3.63, 3.8) is 0 Å². The highest BCUT2D eigenvalue weighted by Crippen LogP contribution is 1.95. The Morgan fingerprint density at radius 3 is 2.44 bits per heavy atom. The van der Waals surface area contributed by atoms with Crippen LogP contribution >= 0.6 is 0 Å². The Morgan fingerprint density at radius 2 is 1.88 bits per heavy atom. The van der Waals surface area contributed by atoms with E-state index in [2.05, 4.69) is 13.5 Å². The quantitative estimate of drug-likeness (QED) is 0.345. The lowest BCUT2D eigenvalue weighted by atomic mass is 10.3. The van der Waals surface area contributed by atoms with Crippen molar-refractivity contribution in [1.82, 2.24) is 0 Å². The van der Waals surface area contributed by atoms with E-state index in [0.29, 0.717) is 25.4 Å². The first-order valence-corrected chi connectivity index (χ1v) is 5.59. The van der Waals surface area contributed by atoms with Crippen molar-refractivity contribution in [2.45, 2.75) is 33.3 Å². The minimum atomic E-state index is -0.376. The van der Waals surface area contributed by atoms with E-state index in [1.54, 1.807) is 6.92 Å². The Labute approximate surface area is 97.6 Å². The van der Waals surface area contributed by atoms with E-state index in [1.165, 1.54) is 0 Å². The zero-order valence-corrected chi connectivity index (χ0v) is 10.5. The van der Waals surface area contributed by atoms with Crippen molar-refractivity contribution in [3.8, 4) is 0 Å². The molecule has 0 rings (SSSR count). The van der Waals surface area contributed by atoms with Gasteiger partial charge in [0.15, 0.2) is 0 Å². The summed E-state index contributed by atoms with van der Waals surface area (Å²) in [5, 5.41) is 0. The highest BCUT2D eigenvalue weighted by molar-refractivity contribution is 5.86. The molecule has 0 aliphatic rings. The van der Waals surface area contributed by atoms with Gasteiger partial charge in [-0.2, -0.15) is 0 Å². The third kappa shape index (κ3) is 8.44. The van der Waals surface area contributed by atoms with Crippen molar-refractivity contribution in [3.05, 3.63) is 12.2 Å². The van der Waals surface area contributed by atoms with E-state index in [4.69, 9.17) is 14.2 Å². The van der Waals surface area contributed by atoms with Crippen molar-refractivity contribution in [1.29, 1.82) is 0 Å². The zero-order chi connectivity index (χ0) is 12.4. The summed E-state index contributed by atoms with van der Waals surface area (Å²) in [4.78, 5) is 11.0. The molecule has 16 heavy (non-hydrogen) atoms. The molecule has 0 saturated carbocycles. The van der Waals surface area contributed by atoms with Gasteiger partial charge in [-0.1, -0.05) is 13.5 Å². The van der Waals surface area contributed by atoms with E-state index in [9.17, 15) is 4.79 Å². The molecular weight excluding hydrogens is 208 g/mol. The molecule has 0 aromatic carbocycles. The first-order valence-electron chi connectivity index (χ1n) is 5.59. The Kier molecular flexibility index (Phi) is 8.85. The SMILES string of the molecule is C=C(C)C(=O)OCCOCCOC(C)CC. The van der Waals surface area contributed by atoms with Crippen LogP contribution in [-0.4, -0.2) is 38.5 Å². The predicted octanol–water partition coefficient (Wildman–Crippen LogP) is 1.94. The molecule has 0 radical (unpaired) electrons. The molecule has 0 heterocycles. The van der Waals surface area contributed by atoms with Crippen LogP contribution in [0, 0.1) is 0 Å². The van der Waals surface area contributed by atoms with Gasteiger partial charge < -0.3 is 14.2 Å². The molecule has 0 aliphatic carbocycles. The fourth-order valence-electron chi connectivity index (χ4n) is 0.845. The lowest BCUT2D eigenvalue weighted by Crippen LogP contribution is -2.15. The third-order valence-electron chi connectivity index (χ3n) is 2.01. The van der Waals surface area contributed by atoms with Crippen molar-refractivity contribution < 1.29 is 19.0 Å². The van der Waals surface area contributed by atoms with Crippen LogP contribution in [0.1, 0.15) is 27.2 Å². The summed E-state index contributed by atoms with van der Waals surface area (Å²) in [6.45, 7) is 10.9. The van der Waals surface area contributed by atoms with Crippen molar-refractivity contribution >= 4 is 5.97 Å². The Hall–Kier alpha value is -0.870. The minimum Gasteiger partial charge on any atom is -0.460 e. The molecule has 4 nitrogen and oxygen atoms in total. The summed E-state index contributed by atoms with van der Waals surface area (Å²) >= 11 is 0. The van der Waals surface area contributed by atoms with Gasteiger partial charge in [0.25, 0.3) is 0 Å². The molecule has 1 unspecified atom stereocenters. The predicted molar refractivity (Wildman–Crippen MR) is 62.3 cm³/mol. The van der Waals surface area contributed by atoms with Gasteiger partial charge in [0, 0.05) is 5.57 Å². The standard InChI is InChI=1S/C12H22O4/c1-5-11(4)15-8-6-14-7-9-16-12(13)10(2)3/h11H,2,5-9H2,1,3-4H3. The summed E-state index contributed by atoms with van der Waals surface area (Å²) in [7, 11) is 0. The molecule has 0 bridgehead atoms. The van der Waals surface area contributed by atoms with Crippen molar-refractivity contribution in [2.75, 3.05) is 26.4 Å². The number of carbonyl (C=O) groups is 1. The minimum absolute atomic E-state index is 0.259. The second kappa shape index (κ2) is 9.36. The zero-order valence-electron chi connectivity index (χ0n) is 10.5. The van der Waals surface area contributed by atoms with Gasteiger partial charge in [0.2, 0.25) is 0 Å². The van der Waals surface area contributed by atoms with Gasteiger partial charge >= 0.3 is 5.97 Å². The Bertz CT molecular complexity index is 213. The van der Waals surface area contributed by atoms with Crippen molar-refractivity contribution in [2.24, 2.45) is 0 Å². The van der Waals surface area contributed by atoms with E-state index in [1.807, 2.05) is 6.92 Å². The summed E-state index contributed by atoms with van der Waals surface area (Å²) in [5.41, 5.74) is 0.403. The fourth-order valence-corrected chi connectivity index (χ4v) is 0.845. The molecule has 0 spiro atoms. The fraction of sp³-hybridized carbons (Fsp3) is 0.750. The normalized spacial score (nSPS) is 12.2. The molecule has 4 heteroatoms. The lowest BCUT2D eigenvalue weighted by molar-refractivity contribution is -0.140. The van der Waals surface area contributed by atoms with E-state index >= 15 is 0 Å². The van der Waals surface area contributed by atoms with Gasteiger partial charge in [-0.3, -0.25) is 0 Å². The van der Waals surface area contributed by atoms with Gasteiger partial charge in [0.1, 0.15) is 6.61 Å². The highest BCUT2D eigenvalue weighted by atomic mass is 16.6. The van der Waals surface area contributed by atoms with Crippen LogP contribution in [0.4, 0.5) is 0 Å². The number of hydrogen-bond donors (Lipinski definition) is 0. The van der Waals surface area contributed by atoms with Crippen LogP contribution < -0.4 is 0 Å². The first-order chi connectivity index (χ1) is 7.57. The molecular formula is C12H22O4. The van der Waals surface area contributed by atoms with E-state index in [-0.39, 0.29) is 18.7 Å². The summed E-state index contributed by atoms with van der Waals surface area (Å²) in [5.74, 6) is -0.376. The number of esters is 1. The highest BCUT2D eigenvalue weighted by Gasteiger charge is 2.02. The molecule has 0 saturated heterocycles. The van der Waals surface area contributed by atoms with Gasteiger partial charge in [0.05, 0.1) is 25.9 Å². The van der Waals surface area contributed by atoms with Gasteiger partial charge in [-0.15, -0.1) is 0 Å². The number of carbonyl (C=O) groups excluding carboxylic acids is 1. The molecule has 0 fully saturated rings. The summed E-state index contributed by atoms with van der Waals surface area (Å²) < 4.78 is 15.5. The second-order valence-corrected chi connectivity index (χ2v) is 3.62. The Morgan fingerprint density at radius 1 is 1.25 bits per heavy atom. The topological polar surface area (TPSA) is 44.8 Å². The molecule has 0 N–H and O–H groups in total. The van der Waals surface area contributed by atoms with Crippen LogP contribution in [0.15, 0.2) is 12.2 Å². The van der Waals surface area contributed by atoms with E-state index < -0.39 is 0 Å². The summed E-state index contributed by atoms with van der Waals surface area (Å²) in [6.07, 6.45) is 1.26. The van der Waals surface area contributed by atoms with Crippen LogP contribution in [0.2, 0.25) is 0 Å². The molecule has 0 aromatic rings. The first kappa shape index (κ1) is 15.1.